The van der Waals surface area contributed by atoms with Crippen LogP contribution in [0.1, 0.15) is 79.6 Å². The molecule has 1 spiro atoms. The van der Waals surface area contributed by atoms with E-state index in [2.05, 4.69) is 32.6 Å². The van der Waals surface area contributed by atoms with E-state index in [1.165, 1.54) is 38.8 Å². The zero-order valence-corrected chi connectivity index (χ0v) is 18.6. The molecular weight excluding hydrogens is 354 g/mol. The Bertz CT molecular complexity index is 539. The van der Waals surface area contributed by atoms with Crippen LogP contribution in [0.25, 0.3) is 0 Å². The van der Waals surface area contributed by atoms with Crippen LogP contribution in [0.4, 0.5) is 0 Å². The number of hydrogen-bond donors (Lipinski definition) is 0. The number of ether oxygens (including phenoxy) is 2. The van der Waals surface area contributed by atoms with Crippen molar-refractivity contribution in [3.63, 3.8) is 0 Å². The molecule has 0 aromatic carbocycles. The van der Waals surface area contributed by atoms with Gasteiger partial charge in [0, 0.05) is 18.9 Å². The predicted octanol–water partition coefficient (Wildman–Crippen LogP) is 4.75. The van der Waals surface area contributed by atoms with E-state index >= 15 is 0 Å². The van der Waals surface area contributed by atoms with Crippen molar-refractivity contribution in [3.8, 4) is 0 Å². The smallest absolute Gasteiger partial charge is 0.201 e. The van der Waals surface area contributed by atoms with E-state index in [9.17, 15) is 0 Å². The van der Waals surface area contributed by atoms with Crippen LogP contribution in [-0.4, -0.2) is 48.3 Å². The molecule has 0 aromatic heterocycles. The molecule has 5 heteroatoms. The maximum Gasteiger partial charge on any atom is 0.201 e. The van der Waals surface area contributed by atoms with Gasteiger partial charge in [-0.3, -0.25) is 0 Å². The zero-order chi connectivity index (χ0) is 19.9. The molecule has 28 heavy (non-hydrogen) atoms. The fraction of sp³-hybridized carbons (Fsp3) is 1.00. The molecule has 8 atom stereocenters. The molecule has 4 aliphatic heterocycles. The Hall–Kier alpha value is -0.200. The summed E-state index contributed by atoms with van der Waals surface area (Å²) in [7, 11) is 0. The molecule has 4 saturated heterocycles. The molecule has 5 fully saturated rings. The maximum absolute atomic E-state index is 6.71. The summed E-state index contributed by atoms with van der Waals surface area (Å²) in [5.74, 6) is 1.33. The van der Waals surface area contributed by atoms with E-state index in [1.807, 2.05) is 6.92 Å². The Morgan fingerprint density at radius 1 is 0.929 bits per heavy atom. The second-order valence-electron chi connectivity index (χ2n) is 10.1. The highest BCUT2D eigenvalue weighted by Crippen LogP contribution is 2.60. The van der Waals surface area contributed by atoms with Crippen molar-refractivity contribution < 1.29 is 19.2 Å². The van der Waals surface area contributed by atoms with Crippen LogP contribution < -0.4 is 0 Å². The average Bonchev–Trinajstić information content (AvgIpc) is 2.90. The molecule has 5 nitrogen and oxygen atoms in total. The van der Waals surface area contributed by atoms with Crippen molar-refractivity contribution in [2.24, 2.45) is 23.7 Å². The highest BCUT2D eigenvalue weighted by Gasteiger charge is 2.69. The summed E-state index contributed by atoms with van der Waals surface area (Å²) in [5.41, 5.74) is -0.421. The Morgan fingerprint density at radius 2 is 1.68 bits per heavy atom. The van der Waals surface area contributed by atoms with E-state index in [0.29, 0.717) is 23.7 Å². The Labute approximate surface area is 171 Å². The molecular formula is C23H41NO4. The van der Waals surface area contributed by atoms with Crippen LogP contribution in [0.5, 0.6) is 0 Å². The monoisotopic (exact) mass is 395 g/mol. The molecule has 2 bridgehead atoms. The van der Waals surface area contributed by atoms with Crippen molar-refractivity contribution in [2.75, 3.05) is 19.6 Å². The highest BCUT2D eigenvalue weighted by molar-refractivity contribution is 5.09. The Morgan fingerprint density at radius 3 is 2.39 bits per heavy atom. The molecule has 5 aliphatic rings. The summed E-state index contributed by atoms with van der Waals surface area (Å²) in [6.45, 7) is 14.8. The van der Waals surface area contributed by atoms with Crippen molar-refractivity contribution in [3.05, 3.63) is 0 Å². The SMILES string of the molecule is CCCN(CCC)CC[C@H]1O[C@@H]2O[C@]3(C)CC[C@H]4[C@H](C)CC[C@@H]([C@H]1C)[C@@]24OO3. The first-order chi connectivity index (χ1) is 13.4. The largest absolute Gasteiger partial charge is 0.346 e. The quantitative estimate of drug-likeness (QED) is 0.582. The van der Waals surface area contributed by atoms with Gasteiger partial charge in [0.2, 0.25) is 5.79 Å². The summed E-state index contributed by atoms with van der Waals surface area (Å²) in [5, 5.41) is 0. The van der Waals surface area contributed by atoms with Gasteiger partial charge < -0.3 is 14.4 Å². The van der Waals surface area contributed by atoms with Crippen LogP contribution in [0, 0.1) is 23.7 Å². The summed E-state index contributed by atoms with van der Waals surface area (Å²) in [6.07, 6.45) is 7.89. The minimum atomic E-state index is -0.668. The minimum Gasteiger partial charge on any atom is -0.346 e. The summed E-state index contributed by atoms with van der Waals surface area (Å²) >= 11 is 0. The lowest BCUT2D eigenvalue weighted by molar-refractivity contribution is -0.571. The molecule has 5 rings (SSSR count). The lowest BCUT2D eigenvalue weighted by Crippen LogP contribution is -2.70. The number of fused-ring (bicyclic) bond motifs is 2. The van der Waals surface area contributed by atoms with Gasteiger partial charge in [0.1, 0.15) is 0 Å². The van der Waals surface area contributed by atoms with Crippen LogP contribution in [0.3, 0.4) is 0 Å². The van der Waals surface area contributed by atoms with Gasteiger partial charge in [-0.15, -0.1) is 0 Å². The van der Waals surface area contributed by atoms with Crippen molar-refractivity contribution >= 4 is 0 Å². The molecule has 162 valence electrons. The Kier molecular flexibility index (Phi) is 6.12. The lowest BCUT2D eigenvalue weighted by atomic mass is 9.57. The second kappa shape index (κ2) is 8.14. The summed E-state index contributed by atoms with van der Waals surface area (Å²) in [6, 6.07) is 0. The van der Waals surface area contributed by atoms with E-state index in [1.54, 1.807) is 0 Å². The minimum absolute atomic E-state index is 0.234. The van der Waals surface area contributed by atoms with E-state index in [-0.39, 0.29) is 12.4 Å². The van der Waals surface area contributed by atoms with Gasteiger partial charge in [-0.2, -0.15) is 0 Å². The van der Waals surface area contributed by atoms with Crippen molar-refractivity contribution in [1.29, 1.82) is 0 Å². The summed E-state index contributed by atoms with van der Waals surface area (Å²) < 4.78 is 13.2. The fourth-order valence-corrected chi connectivity index (χ4v) is 6.59. The molecule has 4 heterocycles. The molecule has 0 amide bonds. The van der Waals surface area contributed by atoms with Crippen LogP contribution in [0.15, 0.2) is 0 Å². The predicted molar refractivity (Wildman–Crippen MR) is 108 cm³/mol. The second-order valence-corrected chi connectivity index (χ2v) is 10.1. The van der Waals surface area contributed by atoms with Gasteiger partial charge >= 0.3 is 0 Å². The van der Waals surface area contributed by atoms with Gasteiger partial charge in [0.05, 0.1) is 6.10 Å². The van der Waals surface area contributed by atoms with Gasteiger partial charge in [-0.05, 0) is 76.3 Å². The zero-order valence-electron chi connectivity index (χ0n) is 18.6. The first-order valence-electron chi connectivity index (χ1n) is 11.9. The van der Waals surface area contributed by atoms with Gasteiger partial charge in [-0.1, -0.05) is 27.7 Å². The number of hydrogen-bond acceptors (Lipinski definition) is 5. The van der Waals surface area contributed by atoms with Crippen molar-refractivity contribution in [1.82, 2.24) is 4.90 Å². The molecule has 0 aromatic rings. The third-order valence-corrected chi connectivity index (χ3v) is 8.10. The number of rotatable bonds is 7. The summed E-state index contributed by atoms with van der Waals surface area (Å²) in [4.78, 5) is 14.8. The van der Waals surface area contributed by atoms with E-state index < -0.39 is 11.4 Å². The average molecular weight is 396 g/mol. The molecule has 1 saturated carbocycles. The molecule has 0 unspecified atom stereocenters. The number of nitrogens with zero attached hydrogens (tertiary/aromatic N) is 1. The third-order valence-electron chi connectivity index (χ3n) is 8.10. The standard InChI is InChI=1S/C23H41NO4/c1-6-13-24(14-7-2)15-11-20-17(4)19-9-8-16(3)18-10-12-22(5)26-21(25-20)23(18,19)28-27-22/h16-21H,6-15H2,1-5H3/t16-,17-,18+,19+,20-,21-,22+,23-/m1/s1. The maximum atomic E-state index is 6.71. The first kappa shape index (κ1) is 21.0. The topological polar surface area (TPSA) is 40.2 Å². The van der Waals surface area contributed by atoms with E-state index in [0.717, 1.165) is 25.8 Å². The van der Waals surface area contributed by atoms with Crippen LogP contribution >= 0.6 is 0 Å². The van der Waals surface area contributed by atoms with Gasteiger partial charge in [-0.25, -0.2) is 9.78 Å². The van der Waals surface area contributed by atoms with Gasteiger partial charge in [0.25, 0.3) is 0 Å². The Balaban J connectivity index is 1.54. The van der Waals surface area contributed by atoms with Gasteiger partial charge in [0.15, 0.2) is 11.9 Å². The highest BCUT2D eigenvalue weighted by atomic mass is 17.3. The van der Waals surface area contributed by atoms with Crippen molar-refractivity contribution in [2.45, 2.75) is 103 Å². The van der Waals surface area contributed by atoms with Crippen LogP contribution in [0.2, 0.25) is 0 Å². The lowest BCUT2D eigenvalue weighted by Gasteiger charge is -2.60. The molecule has 0 radical (unpaired) electrons. The third kappa shape index (κ3) is 3.45. The molecule has 0 N–H and O–H groups in total. The van der Waals surface area contributed by atoms with E-state index in [4.69, 9.17) is 19.2 Å². The fourth-order valence-electron chi connectivity index (χ4n) is 6.59. The normalized spacial score (nSPS) is 47.8. The van der Waals surface area contributed by atoms with Crippen LogP contribution in [-0.2, 0) is 19.2 Å². The molecule has 1 aliphatic carbocycles. The first-order valence-corrected chi connectivity index (χ1v) is 11.9.